The second-order valence-corrected chi connectivity index (χ2v) is 33.2. The second kappa shape index (κ2) is 38.0. The van der Waals surface area contributed by atoms with Crippen LogP contribution in [0.1, 0.15) is 139 Å². The largest absolute Gasteiger partial charge is 0.463 e. The normalized spacial score (nSPS) is 13.8. The number of halogens is 4. The molecule has 5 aromatic carbocycles. The van der Waals surface area contributed by atoms with Crippen LogP contribution in [0.25, 0.3) is 61.1 Å². The average molecular weight is 1840 g/mol. The lowest BCUT2D eigenvalue weighted by atomic mass is 10.1. The summed E-state index contributed by atoms with van der Waals surface area (Å²) in [4.78, 5) is 117. The van der Waals surface area contributed by atoms with Gasteiger partial charge in [0, 0.05) is 161 Å². The molecular weight excluding hydrogens is 1750 g/mol. The molecule has 40 heteroatoms. The summed E-state index contributed by atoms with van der Waals surface area (Å²) in [5.74, 6) is 0.0555. The van der Waals surface area contributed by atoms with E-state index >= 15 is 17.6 Å². The summed E-state index contributed by atoms with van der Waals surface area (Å²) >= 11 is 0. The molecule has 0 unspecified atom stereocenters. The fourth-order valence-corrected chi connectivity index (χ4v) is 15.6. The predicted molar refractivity (Wildman–Crippen MR) is 497 cm³/mol. The van der Waals surface area contributed by atoms with E-state index in [1.54, 1.807) is 118 Å². The summed E-state index contributed by atoms with van der Waals surface area (Å²) in [6, 6.07) is 36.0. The van der Waals surface area contributed by atoms with Crippen molar-refractivity contribution in [1.29, 1.82) is 0 Å². The number of ether oxygens (including phenoxy) is 4. The highest BCUT2D eigenvalue weighted by Crippen LogP contribution is 2.44. The molecule has 1 saturated carbocycles. The highest BCUT2D eigenvalue weighted by atomic mass is 19.1. The summed E-state index contributed by atoms with van der Waals surface area (Å²) in [5.41, 5.74) is 10.5. The smallest absolute Gasteiger partial charge is 0.263 e. The highest BCUT2D eigenvalue weighted by molar-refractivity contribution is 6.05. The average Bonchev–Trinajstić information content (AvgIpc) is 1.28. The van der Waals surface area contributed by atoms with Crippen molar-refractivity contribution in [3.8, 4) is 58.0 Å². The van der Waals surface area contributed by atoms with Crippen molar-refractivity contribution in [2.75, 3.05) is 73.6 Å². The Balaban J connectivity index is 0.000000116. The highest BCUT2D eigenvalue weighted by Gasteiger charge is 2.36. The van der Waals surface area contributed by atoms with Crippen molar-refractivity contribution in [3.05, 3.63) is 250 Å². The number of carbonyl (C=O) groups is 5. The van der Waals surface area contributed by atoms with Gasteiger partial charge in [0.15, 0.2) is 92.8 Å². The van der Waals surface area contributed by atoms with Gasteiger partial charge in [0.2, 0.25) is 23.5 Å². The van der Waals surface area contributed by atoms with Crippen LogP contribution in [-0.4, -0.2) is 192 Å². The Labute approximate surface area is 770 Å². The van der Waals surface area contributed by atoms with Gasteiger partial charge in [-0.3, -0.25) is 39.3 Å². The first-order valence-corrected chi connectivity index (χ1v) is 43.9. The summed E-state index contributed by atoms with van der Waals surface area (Å²) in [7, 11) is 0. The number of furan rings is 1. The SMILES string of the molecule is C/C=C/c1cc(Nc2ncnc(Oc3ccc4[nH]c(C)cc4c3F)c2C(=O)N2CCC2)n[nH]1.CC(=O)Cc1ccc(Nc2ncnc(Oc3ccc4[nH]c(C)cc4c3F)c2C(=O)N2CCC2)cc1.Cc1cc2c(F)c(Oc3ncnc(Nc4cc(-c5ccco5)[nH]n4)c3C(=O)N3CCC3)ccc2[nH]1.Cc1cc2c(F)c(Oc3ncnc(Nc4cc(C5CC5)[nH]n4)c3C(=O)N3CCC3)ccc2[nH]1. The molecule has 12 aromatic heterocycles. The molecule has 5 fully saturated rings. The summed E-state index contributed by atoms with van der Waals surface area (Å²) in [5, 5.41) is 35.5. The number of nitrogens with zero attached hydrogens (tertiary/aromatic N) is 15. The van der Waals surface area contributed by atoms with Crippen molar-refractivity contribution in [2.45, 2.75) is 92.4 Å². The number of Topliss-reactive ketones (excluding diaryl/α,β-unsaturated/α-hetero) is 1. The van der Waals surface area contributed by atoms with Crippen molar-refractivity contribution >= 4 is 126 Å². The molecule has 136 heavy (non-hydrogen) atoms. The fraction of sp³-hybridized carbons (Fsp3) is 0.229. The van der Waals surface area contributed by atoms with E-state index in [9.17, 15) is 24.0 Å². The van der Waals surface area contributed by atoms with Gasteiger partial charge in [-0.25, -0.2) is 57.4 Å². The Hall–Kier alpha value is -17.1. The lowest BCUT2D eigenvalue weighted by Crippen LogP contribution is -2.42. The van der Waals surface area contributed by atoms with Gasteiger partial charge >= 0.3 is 0 Å². The molecule has 0 bridgehead atoms. The first-order valence-electron chi connectivity index (χ1n) is 43.9. The number of fused-ring (bicyclic) bond motifs is 4. The van der Waals surface area contributed by atoms with Crippen LogP contribution in [0.2, 0.25) is 0 Å². The maximum absolute atomic E-state index is 15.2. The van der Waals surface area contributed by atoms with E-state index in [0.29, 0.717) is 143 Å². The van der Waals surface area contributed by atoms with Gasteiger partial charge in [0.05, 0.1) is 12.0 Å². The van der Waals surface area contributed by atoms with Gasteiger partial charge in [0.25, 0.3) is 23.6 Å². The van der Waals surface area contributed by atoms with Gasteiger partial charge in [0.1, 0.15) is 59.0 Å². The Morgan fingerprint density at radius 1 is 0.426 bits per heavy atom. The quantitative estimate of drug-likeness (QED) is 0.0237. The zero-order valence-corrected chi connectivity index (χ0v) is 74.2. The standard InChI is InChI=1S/C26H24FN5O3.C24H20FN7O3.2C23H22FN7O2/c1-15-12-19-20(30-15)8-9-21(23(19)27)35-25-22(26(34)32-10-3-11-32)24(28-14-29-25)31-18-6-4-17(5-7-18)13-16(2)33;1-13-10-14-15(28-13)5-6-18(21(14)25)35-23-20(24(33)32-7-3-8-32)22(26-12-27-23)29-19-11-16(30-31-19)17-4-2-9-34-17;1-12-9-14-15(27-12)5-6-17(20(14)24)33-22-19(23(32)31-7-2-8-31)21(25-11-26-22)28-18-10-16(29-30-18)13-3-4-13;1-3-5-14-11-18(30-29-14)28-21-19(23(32)31-8-4-9-31)22(26-12-25-21)33-17-7-6-16-15(20(17)24)10-13(2)27-16/h4-9,12,14,30H,3,10-11,13H2,1-2H3,(H,28,29,31);2,4-6,9-12,28H,3,7-8H2,1H3,(H2,26,27,29,30,31);5-6,9-11,13,27H,2-4,7-8H2,1H3,(H2,25,26,28,29,30);3,5-7,10-12,27H,4,8-9H2,1-2H3,(H2,25,26,28,29,30)/b;;;5-3+. The first-order chi connectivity index (χ1) is 66.0. The van der Waals surface area contributed by atoms with E-state index in [0.717, 1.165) is 78.3 Å². The second-order valence-electron chi connectivity index (χ2n) is 33.2. The lowest BCUT2D eigenvalue weighted by Gasteiger charge is -2.31. The van der Waals surface area contributed by atoms with Crippen molar-refractivity contribution in [1.82, 2.24) is 110 Å². The summed E-state index contributed by atoms with van der Waals surface area (Å²) < 4.78 is 89.5. The van der Waals surface area contributed by atoms with Gasteiger partial charge in [-0.05, 0) is 189 Å². The molecule has 4 amide bonds. The van der Waals surface area contributed by atoms with Crippen LogP contribution in [0.4, 0.5) is 64.0 Å². The van der Waals surface area contributed by atoms with Crippen molar-refractivity contribution in [3.63, 3.8) is 0 Å². The molecule has 690 valence electrons. The number of ketones is 1. The van der Waals surface area contributed by atoms with E-state index < -0.39 is 23.3 Å². The molecule has 5 aliphatic rings. The number of aryl methyl sites for hydroxylation is 4. The lowest BCUT2D eigenvalue weighted by molar-refractivity contribution is -0.116. The fourth-order valence-electron chi connectivity index (χ4n) is 15.6. The number of amides is 4. The third-order valence-electron chi connectivity index (χ3n) is 23.2. The van der Waals surface area contributed by atoms with Gasteiger partial charge in [-0.2, -0.15) is 15.3 Å². The third-order valence-corrected chi connectivity index (χ3v) is 23.2. The number of benzene rings is 5. The topological polar surface area (TPSA) is 449 Å². The van der Waals surface area contributed by atoms with Gasteiger partial charge in [-0.1, -0.05) is 18.2 Å². The zero-order chi connectivity index (χ0) is 93.9. The molecular formula is C96H88F4N26O10. The van der Waals surface area contributed by atoms with Gasteiger partial charge < -0.3 is 84.2 Å². The first kappa shape index (κ1) is 88.2. The Morgan fingerprint density at radius 3 is 1.12 bits per heavy atom. The maximum Gasteiger partial charge on any atom is 0.263 e. The summed E-state index contributed by atoms with van der Waals surface area (Å²) in [6.45, 7) is 15.8. The number of carbonyl (C=O) groups excluding carboxylic acids is 5. The van der Waals surface area contributed by atoms with Crippen LogP contribution in [-0.2, 0) is 11.2 Å². The number of rotatable bonds is 25. The Morgan fingerprint density at radius 2 is 0.779 bits per heavy atom. The Kier molecular flexibility index (Phi) is 24.6. The minimum Gasteiger partial charge on any atom is -0.463 e. The van der Waals surface area contributed by atoms with E-state index in [4.69, 9.17) is 23.4 Å². The minimum absolute atomic E-state index is 0.00661. The third kappa shape index (κ3) is 18.8. The van der Waals surface area contributed by atoms with E-state index in [2.05, 4.69) is 112 Å². The van der Waals surface area contributed by atoms with Crippen molar-refractivity contribution in [2.24, 2.45) is 0 Å². The van der Waals surface area contributed by atoms with E-state index in [-0.39, 0.29) is 121 Å². The van der Waals surface area contributed by atoms with E-state index in [1.165, 1.54) is 49.6 Å². The molecule has 17 aromatic rings. The van der Waals surface area contributed by atoms with Crippen LogP contribution in [0.5, 0.6) is 46.5 Å². The molecule has 0 spiro atoms. The van der Waals surface area contributed by atoms with Gasteiger partial charge in [-0.15, -0.1) is 0 Å². The predicted octanol–water partition coefficient (Wildman–Crippen LogP) is 18.6. The van der Waals surface area contributed by atoms with Crippen LogP contribution in [0, 0.1) is 51.0 Å². The number of nitrogens with one attached hydrogen (secondary N) is 11. The number of allylic oxidation sites excluding steroid dienone is 1. The Bertz CT molecular complexity index is 7450. The number of anilines is 8. The molecule has 0 radical (unpaired) electrons. The molecule has 0 atom stereocenters. The van der Waals surface area contributed by atoms with E-state index in [1.807, 2.05) is 65.0 Å². The molecule has 1 aliphatic carbocycles. The van der Waals surface area contributed by atoms with Crippen LogP contribution in [0.15, 0.2) is 169 Å². The van der Waals surface area contributed by atoms with Crippen LogP contribution in [0.3, 0.4) is 0 Å². The number of aromatic amines is 7. The number of likely N-dealkylation sites (tertiary alicyclic amines) is 4. The number of hydrogen-bond acceptors (Lipinski definition) is 25. The monoisotopic (exact) mass is 1840 g/mol. The molecule has 36 nitrogen and oxygen atoms in total. The number of aromatic nitrogens is 18. The maximum atomic E-state index is 15.2. The van der Waals surface area contributed by atoms with Crippen LogP contribution < -0.4 is 40.2 Å². The molecule has 16 heterocycles. The molecule has 11 N–H and O–H groups in total. The van der Waals surface area contributed by atoms with Crippen LogP contribution >= 0.6 is 0 Å². The summed E-state index contributed by atoms with van der Waals surface area (Å²) in [6.07, 6.45) is 16.7. The number of hydrogen-bond donors (Lipinski definition) is 11. The molecule has 22 rings (SSSR count). The molecule has 4 saturated heterocycles. The zero-order valence-electron chi connectivity index (χ0n) is 74.2. The minimum atomic E-state index is -0.544. The number of H-pyrrole nitrogens is 7. The molecule has 4 aliphatic heterocycles. The van der Waals surface area contributed by atoms with Crippen molar-refractivity contribution < 1.29 is 64.9 Å².